The standard InChI is InChI=1S/C15H15ClF3N5OS/c1-9-2-3-10(8-11(9)16)20-13(25)23-4-6-24(7-5-23)14-22-21-12(26-14)15(17,18)19/h2-3,8H,4-7H2,1H3,(H,20,25). The molecule has 1 aromatic heterocycles. The molecule has 0 unspecified atom stereocenters. The van der Waals surface area contributed by atoms with Gasteiger partial charge in [0.1, 0.15) is 0 Å². The van der Waals surface area contributed by atoms with Crippen molar-refractivity contribution in [3.05, 3.63) is 33.8 Å². The molecule has 0 atom stereocenters. The van der Waals surface area contributed by atoms with Gasteiger partial charge in [0.05, 0.1) is 0 Å². The lowest BCUT2D eigenvalue weighted by molar-refractivity contribution is -0.138. The molecule has 1 N–H and O–H groups in total. The number of nitrogens with zero attached hydrogens (tertiary/aromatic N) is 4. The third-order valence-electron chi connectivity index (χ3n) is 3.92. The van der Waals surface area contributed by atoms with Crippen molar-refractivity contribution < 1.29 is 18.0 Å². The van der Waals surface area contributed by atoms with Crippen LogP contribution in [0.5, 0.6) is 0 Å². The molecule has 1 saturated heterocycles. The van der Waals surface area contributed by atoms with E-state index in [1.165, 1.54) is 0 Å². The van der Waals surface area contributed by atoms with Crippen LogP contribution in [0.15, 0.2) is 18.2 Å². The average Bonchev–Trinajstić information content (AvgIpc) is 3.09. The molecule has 140 valence electrons. The van der Waals surface area contributed by atoms with Crippen LogP contribution in [-0.2, 0) is 6.18 Å². The molecule has 1 aromatic carbocycles. The molecule has 1 aliphatic rings. The predicted molar refractivity (Wildman–Crippen MR) is 93.9 cm³/mol. The van der Waals surface area contributed by atoms with Gasteiger partial charge in [0.25, 0.3) is 0 Å². The maximum atomic E-state index is 12.6. The van der Waals surface area contributed by atoms with E-state index < -0.39 is 11.2 Å². The third-order valence-corrected chi connectivity index (χ3v) is 5.35. The highest BCUT2D eigenvalue weighted by Crippen LogP contribution is 2.34. The van der Waals surface area contributed by atoms with E-state index in [-0.39, 0.29) is 11.2 Å². The summed E-state index contributed by atoms with van der Waals surface area (Å²) in [6, 6.07) is 4.96. The van der Waals surface area contributed by atoms with Gasteiger partial charge in [-0.2, -0.15) is 13.2 Å². The summed E-state index contributed by atoms with van der Waals surface area (Å²) in [5.41, 5.74) is 1.50. The van der Waals surface area contributed by atoms with Gasteiger partial charge in [-0.3, -0.25) is 0 Å². The van der Waals surface area contributed by atoms with Crippen molar-refractivity contribution in [2.24, 2.45) is 0 Å². The molecule has 2 amide bonds. The Kier molecular flexibility index (Phi) is 5.24. The van der Waals surface area contributed by atoms with Gasteiger partial charge in [0.15, 0.2) is 0 Å². The summed E-state index contributed by atoms with van der Waals surface area (Å²) in [5, 5.41) is 9.36. The smallest absolute Gasteiger partial charge is 0.343 e. The second kappa shape index (κ2) is 7.28. The molecular weight excluding hydrogens is 391 g/mol. The summed E-state index contributed by atoms with van der Waals surface area (Å²) in [6.45, 7) is 3.37. The van der Waals surface area contributed by atoms with E-state index in [2.05, 4.69) is 15.5 Å². The lowest BCUT2D eigenvalue weighted by Crippen LogP contribution is -2.50. The van der Waals surface area contributed by atoms with Crippen molar-refractivity contribution in [3.8, 4) is 0 Å². The molecule has 0 aliphatic carbocycles. The van der Waals surface area contributed by atoms with Crippen molar-refractivity contribution >= 4 is 39.8 Å². The maximum Gasteiger partial charge on any atom is 0.445 e. The number of benzene rings is 1. The average molecular weight is 406 g/mol. The Morgan fingerprint density at radius 1 is 1.23 bits per heavy atom. The summed E-state index contributed by atoms with van der Waals surface area (Å²) in [7, 11) is 0. The second-order valence-electron chi connectivity index (χ2n) is 5.76. The van der Waals surface area contributed by atoms with Gasteiger partial charge in [-0.05, 0) is 24.6 Å². The Bertz CT molecular complexity index is 805. The van der Waals surface area contributed by atoms with Crippen LogP contribution >= 0.6 is 22.9 Å². The predicted octanol–water partition coefficient (Wildman–Crippen LogP) is 3.87. The van der Waals surface area contributed by atoms with E-state index in [1.54, 1.807) is 21.9 Å². The first-order chi connectivity index (χ1) is 12.2. The molecule has 1 aliphatic heterocycles. The lowest BCUT2D eigenvalue weighted by atomic mass is 10.2. The van der Waals surface area contributed by atoms with Crippen molar-refractivity contribution in [2.45, 2.75) is 13.1 Å². The number of carbonyl (C=O) groups is 1. The van der Waals surface area contributed by atoms with Gasteiger partial charge < -0.3 is 15.1 Å². The van der Waals surface area contributed by atoms with E-state index in [1.807, 2.05) is 13.0 Å². The highest BCUT2D eigenvalue weighted by atomic mass is 35.5. The highest BCUT2D eigenvalue weighted by Gasteiger charge is 2.36. The fraction of sp³-hybridized carbons (Fsp3) is 0.400. The SMILES string of the molecule is Cc1ccc(NC(=O)N2CCN(c3nnc(C(F)(F)F)s3)CC2)cc1Cl. The monoisotopic (exact) mass is 405 g/mol. The number of anilines is 2. The van der Waals surface area contributed by atoms with E-state index >= 15 is 0 Å². The minimum Gasteiger partial charge on any atom is -0.343 e. The minimum absolute atomic E-state index is 0.211. The fourth-order valence-electron chi connectivity index (χ4n) is 2.43. The van der Waals surface area contributed by atoms with Crippen molar-refractivity contribution in [1.82, 2.24) is 15.1 Å². The third kappa shape index (κ3) is 4.18. The molecule has 0 bridgehead atoms. The Morgan fingerprint density at radius 2 is 1.92 bits per heavy atom. The van der Waals surface area contributed by atoms with Crippen LogP contribution < -0.4 is 10.2 Å². The van der Waals surface area contributed by atoms with Crippen molar-refractivity contribution in [2.75, 3.05) is 36.4 Å². The highest BCUT2D eigenvalue weighted by molar-refractivity contribution is 7.15. The zero-order valence-corrected chi connectivity index (χ0v) is 15.3. The Balaban J connectivity index is 1.57. The number of rotatable bonds is 2. The number of hydrogen-bond acceptors (Lipinski definition) is 5. The second-order valence-corrected chi connectivity index (χ2v) is 7.12. The molecule has 2 aromatic rings. The Morgan fingerprint density at radius 3 is 2.50 bits per heavy atom. The van der Waals surface area contributed by atoms with Gasteiger partial charge in [-0.1, -0.05) is 29.0 Å². The van der Waals surface area contributed by atoms with Gasteiger partial charge in [0, 0.05) is 36.9 Å². The molecular formula is C15H15ClF3N5OS. The number of halogens is 4. The van der Waals surface area contributed by atoms with Crippen LogP contribution in [0.25, 0.3) is 0 Å². The molecule has 0 saturated carbocycles. The minimum atomic E-state index is -4.49. The summed E-state index contributed by atoms with van der Waals surface area (Å²) in [6.07, 6.45) is -4.49. The van der Waals surface area contributed by atoms with Crippen molar-refractivity contribution in [1.29, 1.82) is 0 Å². The zero-order chi connectivity index (χ0) is 18.9. The summed E-state index contributed by atoms with van der Waals surface area (Å²) in [5.74, 6) is 0. The number of aromatic nitrogens is 2. The topological polar surface area (TPSA) is 61.4 Å². The van der Waals surface area contributed by atoms with Crippen LogP contribution in [0, 0.1) is 6.92 Å². The molecule has 0 spiro atoms. The number of hydrogen-bond donors (Lipinski definition) is 1. The normalized spacial score (nSPS) is 15.3. The molecule has 26 heavy (non-hydrogen) atoms. The lowest BCUT2D eigenvalue weighted by Gasteiger charge is -2.34. The quantitative estimate of drug-likeness (QED) is 0.823. The van der Waals surface area contributed by atoms with E-state index in [9.17, 15) is 18.0 Å². The largest absolute Gasteiger partial charge is 0.445 e. The Labute approximate surface area is 156 Å². The first-order valence-electron chi connectivity index (χ1n) is 7.72. The van der Waals surface area contributed by atoms with Crippen LogP contribution in [0.2, 0.25) is 5.02 Å². The molecule has 11 heteroatoms. The summed E-state index contributed by atoms with van der Waals surface area (Å²) in [4.78, 5) is 15.6. The zero-order valence-electron chi connectivity index (χ0n) is 13.7. The number of urea groups is 1. The van der Waals surface area contributed by atoms with Crippen LogP contribution in [0.1, 0.15) is 10.6 Å². The van der Waals surface area contributed by atoms with Gasteiger partial charge in [0.2, 0.25) is 10.1 Å². The molecule has 3 rings (SSSR count). The Hall–Kier alpha value is -2.07. The van der Waals surface area contributed by atoms with E-state index in [4.69, 9.17) is 11.6 Å². The maximum absolute atomic E-state index is 12.6. The molecule has 0 radical (unpaired) electrons. The summed E-state index contributed by atoms with van der Waals surface area (Å²) < 4.78 is 37.8. The van der Waals surface area contributed by atoms with Crippen LogP contribution in [0.4, 0.5) is 28.8 Å². The van der Waals surface area contributed by atoms with Gasteiger partial charge in [-0.25, -0.2) is 4.79 Å². The number of aryl methyl sites for hydroxylation is 1. The van der Waals surface area contributed by atoms with E-state index in [0.29, 0.717) is 48.2 Å². The summed E-state index contributed by atoms with van der Waals surface area (Å²) >= 11 is 6.55. The first-order valence-corrected chi connectivity index (χ1v) is 8.91. The number of piperazine rings is 1. The fourth-order valence-corrected chi connectivity index (χ4v) is 3.38. The molecule has 2 heterocycles. The number of alkyl halides is 3. The van der Waals surface area contributed by atoms with Gasteiger partial charge >= 0.3 is 12.2 Å². The number of amides is 2. The first kappa shape index (κ1) is 18.7. The molecule has 1 fully saturated rings. The number of carbonyl (C=O) groups excluding carboxylic acids is 1. The molecule has 6 nitrogen and oxygen atoms in total. The van der Waals surface area contributed by atoms with Gasteiger partial charge in [-0.15, -0.1) is 10.2 Å². The number of nitrogens with one attached hydrogen (secondary N) is 1. The van der Waals surface area contributed by atoms with Crippen LogP contribution in [0.3, 0.4) is 0 Å². The van der Waals surface area contributed by atoms with E-state index in [0.717, 1.165) is 5.56 Å². The van der Waals surface area contributed by atoms with Crippen LogP contribution in [-0.4, -0.2) is 47.3 Å². The van der Waals surface area contributed by atoms with Crippen molar-refractivity contribution in [3.63, 3.8) is 0 Å².